The molecule has 1 aliphatic rings. The van der Waals surface area contributed by atoms with E-state index in [-0.39, 0.29) is 0 Å². The van der Waals surface area contributed by atoms with Crippen LogP contribution in [0.25, 0.3) is 0 Å². The highest BCUT2D eigenvalue weighted by Gasteiger charge is 2.22. The van der Waals surface area contributed by atoms with E-state index in [0.29, 0.717) is 6.04 Å². The summed E-state index contributed by atoms with van der Waals surface area (Å²) in [6, 6.07) is 11.1. The molecule has 0 aliphatic carbocycles. The lowest BCUT2D eigenvalue weighted by molar-refractivity contribution is 0.199. The lowest BCUT2D eigenvalue weighted by Crippen LogP contribution is -2.31. The Bertz CT molecular complexity index is 660. The number of furan rings is 1. The standard InChI is InChI=1S/C21H29ClN2O/c1-16-13-21(25-17(16)2)15-24(12-10-20-5-4-11-23(20)3)14-18-6-8-19(22)9-7-18/h6-9,13,20H,4-5,10-12,14-15H2,1-3H3/t20-/m0/s1. The maximum Gasteiger partial charge on any atom is 0.118 e. The van der Waals surface area contributed by atoms with E-state index < -0.39 is 0 Å². The largest absolute Gasteiger partial charge is 0.465 e. The second-order valence-electron chi connectivity index (χ2n) is 7.35. The van der Waals surface area contributed by atoms with Gasteiger partial charge in [0.05, 0.1) is 6.54 Å². The summed E-state index contributed by atoms with van der Waals surface area (Å²) >= 11 is 6.03. The predicted octanol–water partition coefficient (Wildman–Crippen LogP) is 5.04. The Hall–Kier alpha value is -1.29. The van der Waals surface area contributed by atoms with Gasteiger partial charge in [0.2, 0.25) is 0 Å². The van der Waals surface area contributed by atoms with E-state index in [4.69, 9.17) is 16.0 Å². The summed E-state index contributed by atoms with van der Waals surface area (Å²) in [4.78, 5) is 4.99. The van der Waals surface area contributed by atoms with Crippen molar-refractivity contribution in [1.82, 2.24) is 9.80 Å². The van der Waals surface area contributed by atoms with Crippen molar-refractivity contribution in [3.8, 4) is 0 Å². The molecule has 1 aromatic carbocycles. The second-order valence-corrected chi connectivity index (χ2v) is 7.79. The van der Waals surface area contributed by atoms with Crippen LogP contribution in [0, 0.1) is 13.8 Å². The normalized spacial score (nSPS) is 18.4. The molecule has 0 radical (unpaired) electrons. The molecular formula is C21H29ClN2O. The SMILES string of the molecule is Cc1cc(CN(CC[C@@H]2CCCN2C)Cc2ccc(Cl)cc2)oc1C. The quantitative estimate of drug-likeness (QED) is 0.689. The molecule has 0 N–H and O–H groups in total. The molecule has 1 aliphatic heterocycles. The van der Waals surface area contributed by atoms with Gasteiger partial charge in [-0.2, -0.15) is 0 Å². The molecule has 0 spiro atoms. The van der Waals surface area contributed by atoms with Gasteiger partial charge in [-0.05, 0) is 76.0 Å². The summed E-state index contributed by atoms with van der Waals surface area (Å²) in [5.41, 5.74) is 2.53. The molecular weight excluding hydrogens is 332 g/mol. The van der Waals surface area contributed by atoms with Gasteiger partial charge >= 0.3 is 0 Å². The Morgan fingerprint density at radius 2 is 1.96 bits per heavy atom. The van der Waals surface area contributed by atoms with Crippen molar-refractivity contribution >= 4 is 11.6 Å². The first-order valence-corrected chi connectivity index (χ1v) is 9.62. The number of benzene rings is 1. The van der Waals surface area contributed by atoms with E-state index in [9.17, 15) is 0 Å². The molecule has 2 aromatic rings. The lowest BCUT2D eigenvalue weighted by atomic mass is 10.1. The van der Waals surface area contributed by atoms with Crippen LogP contribution >= 0.6 is 11.6 Å². The van der Waals surface area contributed by atoms with Gasteiger partial charge in [-0.15, -0.1) is 0 Å². The highest BCUT2D eigenvalue weighted by Crippen LogP contribution is 2.21. The van der Waals surface area contributed by atoms with Crippen LogP contribution in [0.2, 0.25) is 5.02 Å². The summed E-state index contributed by atoms with van der Waals surface area (Å²) in [5, 5.41) is 0.792. The van der Waals surface area contributed by atoms with Gasteiger partial charge < -0.3 is 9.32 Å². The highest BCUT2D eigenvalue weighted by molar-refractivity contribution is 6.30. The molecule has 3 nitrogen and oxygen atoms in total. The van der Waals surface area contributed by atoms with Crippen LogP contribution in [-0.4, -0.2) is 36.0 Å². The van der Waals surface area contributed by atoms with Crippen LogP contribution in [0.15, 0.2) is 34.7 Å². The number of nitrogens with zero attached hydrogens (tertiary/aromatic N) is 2. The van der Waals surface area contributed by atoms with Crippen molar-refractivity contribution in [2.45, 2.75) is 52.2 Å². The van der Waals surface area contributed by atoms with E-state index in [1.165, 1.54) is 36.9 Å². The molecule has 25 heavy (non-hydrogen) atoms. The molecule has 1 fully saturated rings. The number of hydrogen-bond acceptors (Lipinski definition) is 3. The number of hydrogen-bond donors (Lipinski definition) is 0. The molecule has 0 bridgehead atoms. The molecule has 3 rings (SSSR count). The van der Waals surface area contributed by atoms with Crippen molar-refractivity contribution in [2.24, 2.45) is 0 Å². The van der Waals surface area contributed by atoms with E-state index in [1.54, 1.807) is 0 Å². The Morgan fingerprint density at radius 1 is 1.20 bits per heavy atom. The maximum atomic E-state index is 6.03. The van der Waals surface area contributed by atoms with Crippen LogP contribution in [0.3, 0.4) is 0 Å². The molecule has 136 valence electrons. The fourth-order valence-corrected chi connectivity index (χ4v) is 3.81. The summed E-state index contributed by atoms with van der Waals surface area (Å²) < 4.78 is 5.92. The van der Waals surface area contributed by atoms with Crippen LogP contribution in [0.5, 0.6) is 0 Å². The van der Waals surface area contributed by atoms with Gasteiger partial charge in [0.15, 0.2) is 0 Å². The number of rotatable bonds is 7. The van der Waals surface area contributed by atoms with Crippen LogP contribution in [-0.2, 0) is 13.1 Å². The smallest absolute Gasteiger partial charge is 0.118 e. The number of halogens is 1. The third-order valence-electron chi connectivity index (χ3n) is 5.37. The number of likely N-dealkylation sites (tertiary alicyclic amines) is 1. The zero-order valence-electron chi connectivity index (χ0n) is 15.6. The third kappa shape index (κ3) is 5.10. The van der Waals surface area contributed by atoms with Crippen LogP contribution in [0.4, 0.5) is 0 Å². The van der Waals surface area contributed by atoms with Gasteiger partial charge in [0.1, 0.15) is 11.5 Å². The second kappa shape index (κ2) is 8.39. The number of aryl methyl sites for hydroxylation is 2. The fraction of sp³-hybridized carbons (Fsp3) is 0.524. The van der Waals surface area contributed by atoms with Gasteiger partial charge in [-0.1, -0.05) is 23.7 Å². The van der Waals surface area contributed by atoms with Crippen molar-refractivity contribution in [1.29, 1.82) is 0 Å². The molecule has 0 amide bonds. The van der Waals surface area contributed by atoms with Crippen molar-refractivity contribution in [3.63, 3.8) is 0 Å². The fourth-order valence-electron chi connectivity index (χ4n) is 3.69. The average Bonchev–Trinajstić information content (AvgIpc) is 3.12. The summed E-state index contributed by atoms with van der Waals surface area (Å²) in [7, 11) is 2.25. The average molecular weight is 361 g/mol. The van der Waals surface area contributed by atoms with Crippen LogP contribution in [0.1, 0.15) is 41.9 Å². The summed E-state index contributed by atoms with van der Waals surface area (Å²) in [6.45, 7) is 8.24. The van der Waals surface area contributed by atoms with Crippen molar-refractivity contribution in [2.75, 3.05) is 20.1 Å². The minimum Gasteiger partial charge on any atom is -0.465 e. The molecule has 1 atom stereocenters. The van der Waals surface area contributed by atoms with Crippen LogP contribution < -0.4 is 0 Å². The van der Waals surface area contributed by atoms with E-state index in [0.717, 1.165) is 36.2 Å². The zero-order valence-corrected chi connectivity index (χ0v) is 16.4. The predicted molar refractivity (Wildman–Crippen MR) is 104 cm³/mol. The first-order valence-electron chi connectivity index (χ1n) is 9.24. The topological polar surface area (TPSA) is 19.6 Å². The Morgan fingerprint density at radius 3 is 2.56 bits per heavy atom. The van der Waals surface area contributed by atoms with E-state index >= 15 is 0 Å². The molecule has 0 saturated carbocycles. The molecule has 1 aromatic heterocycles. The minimum atomic E-state index is 0.716. The van der Waals surface area contributed by atoms with E-state index in [1.807, 2.05) is 19.1 Å². The summed E-state index contributed by atoms with van der Waals surface area (Å²) in [6.07, 6.45) is 3.86. The van der Waals surface area contributed by atoms with Gasteiger partial charge in [0, 0.05) is 24.2 Å². The first kappa shape index (κ1) is 18.5. The van der Waals surface area contributed by atoms with Gasteiger partial charge in [-0.25, -0.2) is 0 Å². The highest BCUT2D eigenvalue weighted by atomic mass is 35.5. The molecule has 1 saturated heterocycles. The zero-order chi connectivity index (χ0) is 17.8. The van der Waals surface area contributed by atoms with E-state index in [2.05, 4.69) is 42.0 Å². The monoisotopic (exact) mass is 360 g/mol. The Kier molecular flexibility index (Phi) is 6.21. The lowest BCUT2D eigenvalue weighted by Gasteiger charge is -2.26. The maximum absolute atomic E-state index is 6.03. The minimum absolute atomic E-state index is 0.716. The molecule has 4 heteroatoms. The molecule has 0 unspecified atom stereocenters. The third-order valence-corrected chi connectivity index (χ3v) is 5.62. The summed E-state index contributed by atoms with van der Waals surface area (Å²) in [5.74, 6) is 2.08. The van der Waals surface area contributed by atoms with Gasteiger partial charge in [0.25, 0.3) is 0 Å². The molecule has 2 heterocycles. The Balaban J connectivity index is 1.66. The van der Waals surface area contributed by atoms with Crippen molar-refractivity contribution in [3.05, 3.63) is 58.0 Å². The first-order chi connectivity index (χ1) is 12.0. The van der Waals surface area contributed by atoms with Gasteiger partial charge in [-0.3, -0.25) is 4.90 Å². The van der Waals surface area contributed by atoms with Crippen molar-refractivity contribution < 1.29 is 4.42 Å². The Labute approximate surface area is 156 Å².